The van der Waals surface area contributed by atoms with E-state index in [1.165, 1.54) is 18.4 Å². The van der Waals surface area contributed by atoms with E-state index in [-0.39, 0.29) is 0 Å². The molecule has 1 rings (SSSR count). The molecule has 108 valence electrons. The summed E-state index contributed by atoms with van der Waals surface area (Å²) in [6.07, 6.45) is 4.73. The Hall–Kier alpha value is -1.02. The van der Waals surface area contributed by atoms with Gasteiger partial charge in [-0.3, -0.25) is 0 Å². The van der Waals surface area contributed by atoms with E-state index in [1.807, 2.05) is 0 Å². The zero-order valence-electron chi connectivity index (χ0n) is 12.7. The van der Waals surface area contributed by atoms with Crippen molar-refractivity contribution in [2.45, 2.75) is 46.5 Å². The molecule has 0 aliphatic heterocycles. The lowest BCUT2D eigenvalue weighted by Gasteiger charge is -2.08. The number of rotatable bonds is 10. The molecule has 2 heteroatoms. The molecule has 1 N–H and O–H groups in total. The molecule has 0 atom stereocenters. The number of hydrogen-bond acceptors (Lipinski definition) is 2. The maximum Gasteiger partial charge on any atom is 0.119 e. The third-order valence-electron chi connectivity index (χ3n) is 3.02. The maximum absolute atomic E-state index is 5.58. The Balaban J connectivity index is 2.12. The van der Waals surface area contributed by atoms with Crippen LogP contribution >= 0.6 is 0 Å². The van der Waals surface area contributed by atoms with E-state index in [2.05, 4.69) is 50.4 Å². The van der Waals surface area contributed by atoms with Crippen LogP contribution in [-0.4, -0.2) is 19.7 Å². The minimum atomic E-state index is 0.746. The van der Waals surface area contributed by atoms with Gasteiger partial charge in [-0.2, -0.15) is 0 Å². The van der Waals surface area contributed by atoms with Crippen molar-refractivity contribution in [3.05, 3.63) is 29.8 Å². The van der Waals surface area contributed by atoms with Gasteiger partial charge in [0.25, 0.3) is 0 Å². The van der Waals surface area contributed by atoms with Gasteiger partial charge in [0, 0.05) is 0 Å². The van der Waals surface area contributed by atoms with Gasteiger partial charge in [0.15, 0.2) is 0 Å². The molecular weight excluding hydrogens is 234 g/mol. The molecular formula is C17H29NO. The largest absolute Gasteiger partial charge is 0.494 e. The van der Waals surface area contributed by atoms with Crippen molar-refractivity contribution in [2.24, 2.45) is 5.92 Å². The Morgan fingerprint density at radius 1 is 1.11 bits per heavy atom. The first-order valence-corrected chi connectivity index (χ1v) is 7.64. The summed E-state index contributed by atoms with van der Waals surface area (Å²) < 4.78 is 5.58. The lowest BCUT2D eigenvalue weighted by atomic mass is 10.1. The fourth-order valence-electron chi connectivity index (χ4n) is 1.94. The molecule has 0 aromatic heterocycles. The second kappa shape index (κ2) is 9.85. The zero-order chi connectivity index (χ0) is 13.9. The summed E-state index contributed by atoms with van der Waals surface area (Å²) in [5.74, 6) is 1.74. The van der Waals surface area contributed by atoms with E-state index in [0.29, 0.717) is 0 Å². The van der Waals surface area contributed by atoms with Crippen LogP contribution in [0.1, 0.15) is 45.6 Å². The van der Waals surface area contributed by atoms with Crippen LogP contribution in [0.5, 0.6) is 5.75 Å². The molecule has 19 heavy (non-hydrogen) atoms. The minimum Gasteiger partial charge on any atom is -0.494 e. The first-order valence-electron chi connectivity index (χ1n) is 7.64. The van der Waals surface area contributed by atoms with Crippen molar-refractivity contribution >= 4 is 0 Å². The van der Waals surface area contributed by atoms with E-state index in [1.54, 1.807) is 0 Å². The summed E-state index contributed by atoms with van der Waals surface area (Å²) in [5, 5.41) is 3.48. The second-order valence-electron chi connectivity index (χ2n) is 5.55. The van der Waals surface area contributed by atoms with Gasteiger partial charge in [-0.1, -0.05) is 32.9 Å². The van der Waals surface area contributed by atoms with E-state index in [9.17, 15) is 0 Å². The van der Waals surface area contributed by atoms with Gasteiger partial charge in [-0.05, 0) is 62.4 Å². The van der Waals surface area contributed by atoms with Crippen molar-refractivity contribution in [2.75, 3.05) is 19.7 Å². The normalized spacial score (nSPS) is 10.9. The van der Waals surface area contributed by atoms with Crippen LogP contribution in [0.2, 0.25) is 0 Å². The monoisotopic (exact) mass is 263 g/mol. The van der Waals surface area contributed by atoms with Crippen LogP contribution < -0.4 is 10.1 Å². The molecule has 0 aliphatic carbocycles. The highest BCUT2D eigenvalue weighted by molar-refractivity contribution is 5.27. The summed E-state index contributed by atoms with van der Waals surface area (Å²) in [5.41, 5.74) is 1.41. The molecule has 0 saturated heterocycles. The standard InChI is InChI=1S/C17H29NO/c1-4-13-19-17-10-8-16(9-11-17)7-5-6-12-18-14-15(2)3/h8-11,15,18H,4-7,12-14H2,1-3H3. The molecule has 0 amide bonds. The predicted molar refractivity (Wildman–Crippen MR) is 82.9 cm³/mol. The van der Waals surface area contributed by atoms with Gasteiger partial charge in [0.05, 0.1) is 6.61 Å². The summed E-state index contributed by atoms with van der Waals surface area (Å²) in [4.78, 5) is 0. The Bertz CT molecular complexity index is 319. The number of ether oxygens (including phenoxy) is 1. The lowest BCUT2D eigenvalue weighted by Crippen LogP contribution is -2.20. The van der Waals surface area contributed by atoms with Crippen LogP contribution in [0.3, 0.4) is 0 Å². The number of unbranched alkanes of at least 4 members (excludes halogenated alkanes) is 1. The fourth-order valence-corrected chi connectivity index (χ4v) is 1.94. The van der Waals surface area contributed by atoms with Crippen LogP contribution in [0, 0.1) is 5.92 Å². The summed E-state index contributed by atoms with van der Waals surface area (Å²) >= 11 is 0. The van der Waals surface area contributed by atoms with Gasteiger partial charge in [0.2, 0.25) is 0 Å². The molecule has 0 radical (unpaired) electrons. The van der Waals surface area contributed by atoms with Gasteiger partial charge in [0.1, 0.15) is 5.75 Å². The highest BCUT2D eigenvalue weighted by atomic mass is 16.5. The molecule has 1 aromatic carbocycles. The van der Waals surface area contributed by atoms with Gasteiger partial charge in [-0.15, -0.1) is 0 Å². The summed E-state index contributed by atoms with van der Waals surface area (Å²) in [6, 6.07) is 8.54. The molecule has 0 spiro atoms. The Morgan fingerprint density at radius 3 is 2.47 bits per heavy atom. The first-order chi connectivity index (χ1) is 9.22. The second-order valence-corrected chi connectivity index (χ2v) is 5.55. The number of benzene rings is 1. The van der Waals surface area contributed by atoms with Crippen LogP contribution in [0.15, 0.2) is 24.3 Å². The highest BCUT2D eigenvalue weighted by Crippen LogP contribution is 2.14. The fraction of sp³-hybridized carbons (Fsp3) is 0.647. The Morgan fingerprint density at radius 2 is 1.84 bits per heavy atom. The first kappa shape index (κ1) is 16.0. The number of nitrogens with one attached hydrogen (secondary N) is 1. The number of aryl methyl sites for hydroxylation is 1. The van der Waals surface area contributed by atoms with Gasteiger partial charge >= 0.3 is 0 Å². The Kier molecular flexibility index (Phi) is 8.31. The van der Waals surface area contributed by atoms with Crippen molar-refractivity contribution in [1.29, 1.82) is 0 Å². The van der Waals surface area contributed by atoms with Crippen LogP contribution in [-0.2, 0) is 6.42 Å². The van der Waals surface area contributed by atoms with Crippen molar-refractivity contribution in [1.82, 2.24) is 5.32 Å². The molecule has 0 bridgehead atoms. The minimum absolute atomic E-state index is 0.746. The van der Waals surface area contributed by atoms with E-state index in [0.717, 1.165) is 44.2 Å². The van der Waals surface area contributed by atoms with Crippen molar-refractivity contribution < 1.29 is 4.74 Å². The molecule has 0 fully saturated rings. The quantitative estimate of drug-likeness (QED) is 0.643. The average molecular weight is 263 g/mol. The molecule has 0 heterocycles. The van der Waals surface area contributed by atoms with E-state index >= 15 is 0 Å². The maximum atomic E-state index is 5.58. The molecule has 0 unspecified atom stereocenters. The van der Waals surface area contributed by atoms with E-state index < -0.39 is 0 Å². The van der Waals surface area contributed by atoms with E-state index in [4.69, 9.17) is 4.74 Å². The SMILES string of the molecule is CCCOc1ccc(CCCCNCC(C)C)cc1. The zero-order valence-corrected chi connectivity index (χ0v) is 12.7. The lowest BCUT2D eigenvalue weighted by molar-refractivity contribution is 0.317. The van der Waals surface area contributed by atoms with Gasteiger partial charge < -0.3 is 10.1 Å². The van der Waals surface area contributed by atoms with Crippen molar-refractivity contribution in [3.63, 3.8) is 0 Å². The molecule has 2 nitrogen and oxygen atoms in total. The summed E-state index contributed by atoms with van der Waals surface area (Å²) in [6.45, 7) is 9.69. The summed E-state index contributed by atoms with van der Waals surface area (Å²) in [7, 11) is 0. The Labute approximate surface area is 118 Å². The highest BCUT2D eigenvalue weighted by Gasteiger charge is 1.97. The van der Waals surface area contributed by atoms with Crippen molar-refractivity contribution in [3.8, 4) is 5.75 Å². The predicted octanol–water partition coefficient (Wildman–Crippen LogP) is 4.04. The third-order valence-corrected chi connectivity index (χ3v) is 3.02. The smallest absolute Gasteiger partial charge is 0.119 e. The van der Waals surface area contributed by atoms with Crippen LogP contribution in [0.25, 0.3) is 0 Å². The molecule has 0 saturated carbocycles. The van der Waals surface area contributed by atoms with Crippen LogP contribution in [0.4, 0.5) is 0 Å². The molecule has 1 aromatic rings. The van der Waals surface area contributed by atoms with Gasteiger partial charge in [-0.25, -0.2) is 0 Å². The average Bonchev–Trinajstić information content (AvgIpc) is 2.41. The third kappa shape index (κ3) is 7.89. The topological polar surface area (TPSA) is 21.3 Å². The molecule has 0 aliphatic rings. The number of hydrogen-bond donors (Lipinski definition) is 1.